The van der Waals surface area contributed by atoms with Gasteiger partial charge in [-0.2, -0.15) is 13.8 Å². The lowest BCUT2D eigenvalue weighted by atomic mass is 10.1. The van der Waals surface area contributed by atoms with E-state index < -0.39 is 36.7 Å². The first kappa shape index (κ1) is 14.8. The van der Waals surface area contributed by atoms with Gasteiger partial charge in [-0.25, -0.2) is 4.79 Å². The fourth-order valence-corrected chi connectivity index (χ4v) is 1.99. The molecule has 0 aromatic carbocycles. The molecule has 1 aromatic heterocycles. The number of nitrogens with zero attached hydrogens (tertiary/aromatic N) is 2. The number of nitrogens with one attached hydrogen (secondary N) is 1. The Balaban J connectivity index is 2.34. The van der Waals surface area contributed by atoms with Crippen molar-refractivity contribution in [1.29, 1.82) is 0 Å². The van der Waals surface area contributed by atoms with Crippen molar-refractivity contribution in [3.63, 3.8) is 0 Å². The van der Waals surface area contributed by atoms with Crippen LogP contribution in [-0.4, -0.2) is 51.0 Å². The number of ether oxygens (including phenoxy) is 1. The number of hydrogen-bond acceptors (Lipinski definition) is 6. The van der Waals surface area contributed by atoms with Crippen LogP contribution in [-0.2, 0) is 4.74 Å². The number of aliphatic hydroxyl groups is 2. The normalized spacial score (nSPS) is 28.6. The quantitative estimate of drug-likeness (QED) is 0.696. The van der Waals surface area contributed by atoms with Crippen LogP contribution in [0.4, 0.5) is 14.6 Å². The molecule has 1 aromatic rings. The van der Waals surface area contributed by atoms with Crippen molar-refractivity contribution in [3.8, 4) is 0 Å². The molecule has 0 aliphatic carbocycles. The Morgan fingerprint density at radius 3 is 2.80 bits per heavy atom. The van der Waals surface area contributed by atoms with E-state index in [2.05, 4.69) is 10.3 Å². The smallest absolute Gasteiger partial charge is 0.351 e. The van der Waals surface area contributed by atoms with E-state index in [-0.39, 0.29) is 5.82 Å². The van der Waals surface area contributed by atoms with Gasteiger partial charge in [0.25, 0.3) is 0 Å². The van der Waals surface area contributed by atoms with E-state index in [1.165, 1.54) is 6.07 Å². The molecular weight excluding hydrogens is 276 g/mol. The van der Waals surface area contributed by atoms with Crippen LogP contribution in [0.3, 0.4) is 0 Å². The summed E-state index contributed by atoms with van der Waals surface area (Å²) >= 11 is 0. The van der Waals surface area contributed by atoms with Gasteiger partial charge >= 0.3 is 11.6 Å². The van der Waals surface area contributed by atoms with E-state index in [0.29, 0.717) is 11.1 Å². The second kappa shape index (κ2) is 5.43. The molecule has 0 spiro atoms. The number of anilines is 1. The van der Waals surface area contributed by atoms with Gasteiger partial charge < -0.3 is 20.3 Å². The maximum Gasteiger partial charge on any atom is 0.351 e. The number of aliphatic hydroxyl groups excluding tert-OH is 2. The number of hydrogen-bond donors (Lipinski definition) is 3. The number of alkyl halides is 2. The molecule has 2 heterocycles. The monoisotopic (exact) mass is 291 g/mol. The predicted octanol–water partition coefficient (Wildman–Crippen LogP) is -0.439. The van der Waals surface area contributed by atoms with E-state index >= 15 is 0 Å². The van der Waals surface area contributed by atoms with Crippen LogP contribution < -0.4 is 11.0 Å². The Bertz CT molecular complexity index is 537. The van der Waals surface area contributed by atoms with Crippen LogP contribution in [0.5, 0.6) is 0 Å². The minimum absolute atomic E-state index is 0.259. The van der Waals surface area contributed by atoms with Crippen molar-refractivity contribution >= 4 is 5.82 Å². The molecular formula is C11H15F2N3O4. The first-order valence-corrected chi connectivity index (χ1v) is 6.07. The average Bonchev–Trinajstić information content (AvgIpc) is 2.62. The molecule has 1 aliphatic rings. The van der Waals surface area contributed by atoms with Gasteiger partial charge in [-0.15, -0.1) is 0 Å². The summed E-state index contributed by atoms with van der Waals surface area (Å²) < 4.78 is 33.2. The molecule has 0 radical (unpaired) electrons. The lowest BCUT2D eigenvalue weighted by molar-refractivity contribution is -0.140. The molecule has 0 amide bonds. The molecule has 0 saturated carbocycles. The molecule has 2 rings (SSSR count). The molecule has 9 heteroatoms. The Morgan fingerprint density at radius 1 is 1.60 bits per heavy atom. The summed E-state index contributed by atoms with van der Waals surface area (Å²) in [6, 6.07) is 1.35. The van der Waals surface area contributed by atoms with Crippen molar-refractivity contribution < 1.29 is 23.7 Å². The molecule has 0 bridgehead atoms. The number of halogens is 2. The van der Waals surface area contributed by atoms with Gasteiger partial charge in [0.2, 0.25) is 6.23 Å². The van der Waals surface area contributed by atoms with Crippen molar-refractivity contribution in [2.24, 2.45) is 0 Å². The zero-order chi connectivity index (χ0) is 14.9. The highest BCUT2D eigenvalue weighted by Gasteiger charge is 2.59. The van der Waals surface area contributed by atoms with E-state index in [9.17, 15) is 18.7 Å². The zero-order valence-corrected chi connectivity index (χ0v) is 10.7. The SMILES string of the molecule is CCNc1ccn([C@@H]2OC(CO)[C@H](O)C2(F)F)c(=O)n1. The predicted molar refractivity (Wildman–Crippen MR) is 64.6 cm³/mol. The molecule has 1 saturated heterocycles. The van der Waals surface area contributed by atoms with Gasteiger partial charge in [0.1, 0.15) is 11.9 Å². The van der Waals surface area contributed by atoms with E-state index in [1.54, 1.807) is 6.92 Å². The Kier molecular flexibility index (Phi) is 4.02. The van der Waals surface area contributed by atoms with Crippen molar-refractivity contribution in [1.82, 2.24) is 9.55 Å². The minimum Gasteiger partial charge on any atom is -0.394 e. The van der Waals surface area contributed by atoms with E-state index in [1.807, 2.05) is 0 Å². The third-order valence-electron chi connectivity index (χ3n) is 3.00. The number of aromatic nitrogens is 2. The molecule has 20 heavy (non-hydrogen) atoms. The molecule has 1 unspecified atom stereocenters. The molecule has 1 fully saturated rings. The Morgan fingerprint density at radius 2 is 2.30 bits per heavy atom. The Labute approximate surface area is 112 Å². The van der Waals surface area contributed by atoms with Gasteiger partial charge in [0.15, 0.2) is 6.10 Å². The summed E-state index contributed by atoms with van der Waals surface area (Å²) in [5, 5.41) is 21.1. The van der Waals surface area contributed by atoms with Gasteiger partial charge in [-0.3, -0.25) is 4.57 Å². The van der Waals surface area contributed by atoms with E-state index in [0.717, 1.165) is 6.20 Å². The minimum atomic E-state index is -3.70. The second-order valence-electron chi connectivity index (χ2n) is 4.36. The largest absolute Gasteiger partial charge is 0.394 e. The highest BCUT2D eigenvalue weighted by molar-refractivity contribution is 5.31. The maximum atomic E-state index is 13.9. The molecule has 3 atom stereocenters. The number of rotatable bonds is 4. The van der Waals surface area contributed by atoms with E-state index in [4.69, 9.17) is 9.84 Å². The standard InChI is InChI=1S/C11H15F2N3O4/c1-2-14-7-3-4-16(10(19)15-7)9-11(12,13)8(18)6(5-17)20-9/h3-4,6,8-9,17-18H,2,5H2,1H3,(H,14,15,19)/t6?,8-,9+/m0/s1. The maximum absolute atomic E-state index is 13.9. The van der Waals surface area contributed by atoms with Gasteiger partial charge in [0.05, 0.1) is 6.61 Å². The van der Waals surface area contributed by atoms with Crippen LogP contribution >= 0.6 is 0 Å². The van der Waals surface area contributed by atoms with Crippen molar-refractivity contribution in [2.45, 2.75) is 31.3 Å². The van der Waals surface area contributed by atoms with Crippen molar-refractivity contribution in [3.05, 3.63) is 22.7 Å². The summed E-state index contributed by atoms with van der Waals surface area (Å²) in [7, 11) is 0. The molecule has 112 valence electrons. The van der Waals surface area contributed by atoms with Gasteiger partial charge in [-0.1, -0.05) is 0 Å². The summed E-state index contributed by atoms with van der Waals surface area (Å²) in [6.45, 7) is 1.55. The van der Waals surface area contributed by atoms with Crippen LogP contribution in [0.2, 0.25) is 0 Å². The van der Waals surface area contributed by atoms with Crippen LogP contribution in [0.1, 0.15) is 13.2 Å². The summed E-state index contributed by atoms with van der Waals surface area (Å²) in [4.78, 5) is 15.3. The first-order chi connectivity index (χ1) is 9.41. The zero-order valence-electron chi connectivity index (χ0n) is 10.7. The highest BCUT2D eigenvalue weighted by Crippen LogP contribution is 2.41. The van der Waals surface area contributed by atoms with Crippen LogP contribution in [0.15, 0.2) is 17.1 Å². The fraction of sp³-hybridized carbons (Fsp3) is 0.636. The third-order valence-corrected chi connectivity index (χ3v) is 3.00. The molecule has 3 N–H and O–H groups in total. The van der Waals surface area contributed by atoms with Crippen LogP contribution in [0, 0.1) is 0 Å². The molecule has 7 nitrogen and oxygen atoms in total. The van der Waals surface area contributed by atoms with Gasteiger partial charge in [0, 0.05) is 12.7 Å². The second-order valence-corrected chi connectivity index (χ2v) is 4.36. The summed E-state index contributed by atoms with van der Waals surface area (Å²) in [5.41, 5.74) is -0.932. The van der Waals surface area contributed by atoms with Crippen LogP contribution in [0.25, 0.3) is 0 Å². The van der Waals surface area contributed by atoms with Gasteiger partial charge in [-0.05, 0) is 13.0 Å². The topological polar surface area (TPSA) is 96.6 Å². The Hall–Kier alpha value is -1.58. The lowest BCUT2D eigenvalue weighted by Gasteiger charge is -2.21. The summed E-state index contributed by atoms with van der Waals surface area (Å²) in [5.74, 6) is -3.44. The fourth-order valence-electron chi connectivity index (χ4n) is 1.99. The highest BCUT2D eigenvalue weighted by atomic mass is 19.3. The lowest BCUT2D eigenvalue weighted by Crippen LogP contribution is -2.41. The third kappa shape index (κ3) is 2.39. The molecule has 1 aliphatic heterocycles. The summed E-state index contributed by atoms with van der Waals surface area (Å²) in [6.07, 6.45) is -4.52. The average molecular weight is 291 g/mol. The first-order valence-electron chi connectivity index (χ1n) is 6.07. The van der Waals surface area contributed by atoms with Crippen molar-refractivity contribution in [2.75, 3.05) is 18.5 Å².